The zero-order chi connectivity index (χ0) is 19.8. The summed E-state index contributed by atoms with van der Waals surface area (Å²) in [6.07, 6.45) is 12.7. The summed E-state index contributed by atoms with van der Waals surface area (Å²) >= 11 is 0. The van der Waals surface area contributed by atoms with Gasteiger partial charge in [-0.3, -0.25) is 4.79 Å². The Morgan fingerprint density at radius 2 is 1.93 bits per heavy atom. The highest BCUT2D eigenvalue weighted by atomic mass is 16.5. The number of benzene rings is 1. The van der Waals surface area contributed by atoms with E-state index >= 15 is 0 Å². The predicted octanol–water partition coefficient (Wildman–Crippen LogP) is 5.92. The van der Waals surface area contributed by atoms with Crippen molar-refractivity contribution in [2.24, 2.45) is 5.92 Å². The van der Waals surface area contributed by atoms with E-state index in [4.69, 9.17) is 9.72 Å². The minimum absolute atomic E-state index is 0.157. The van der Waals surface area contributed by atoms with Crippen LogP contribution in [0.5, 0.6) is 5.75 Å². The van der Waals surface area contributed by atoms with Crippen LogP contribution in [0.2, 0.25) is 0 Å². The summed E-state index contributed by atoms with van der Waals surface area (Å²) in [6, 6.07) is 7.53. The van der Waals surface area contributed by atoms with Gasteiger partial charge in [-0.05, 0) is 61.4 Å². The molecule has 4 nitrogen and oxygen atoms in total. The Labute approximate surface area is 168 Å². The predicted molar refractivity (Wildman–Crippen MR) is 112 cm³/mol. The molecule has 0 amide bonds. The van der Waals surface area contributed by atoms with Crippen LogP contribution in [0.3, 0.4) is 0 Å². The smallest absolute Gasteiger partial charge is 0.311 e. The maximum Gasteiger partial charge on any atom is 0.311 e. The van der Waals surface area contributed by atoms with Gasteiger partial charge in [0.05, 0.1) is 0 Å². The van der Waals surface area contributed by atoms with Crippen LogP contribution in [0.1, 0.15) is 76.5 Å². The quantitative estimate of drug-likeness (QED) is 0.308. The second kappa shape index (κ2) is 10.4. The lowest BCUT2D eigenvalue weighted by molar-refractivity contribution is -0.134. The minimum Gasteiger partial charge on any atom is -0.427 e. The van der Waals surface area contributed by atoms with Gasteiger partial charge in [-0.25, -0.2) is 9.97 Å². The molecule has 0 N–H and O–H groups in total. The summed E-state index contributed by atoms with van der Waals surface area (Å²) in [7, 11) is 0. The van der Waals surface area contributed by atoms with E-state index in [1.165, 1.54) is 43.4 Å². The standard InChI is InChI=1S/C24H32N2O2/c1-3-5-6-7-9-23(27)28-21-13-11-19(12-14-21)24-25-17-20-16-18(8-4-2)10-15-22(20)26-24/h11-14,17-18H,3-10,15-16H2,1-2H3. The number of rotatable bonds is 9. The van der Waals surface area contributed by atoms with Crippen molar-refractivity contribution in [2.75, 3.05) is 0 Å². The fourth-order valence-electron chi connectivity index (χ4n) is 3.93. The van der Waals surface area contributed by atoms with Crippen molar-refractivity contribution >= 4 is 5.97 Å². The van der Waals surface area contributed by atoms with Crippen LogP contribution in [-0.2, 0) is 17.6 Å². The first-order chi connectivity index (χ1) is 13.7. The largest absolute Gasteiger partial charge is 0.427 e. The molecule has 0 fully saturated rings. The molecule has 0 spiro atoms. The molecule has 0 saturated heterocycles. The van der Waals surface area contributed by atoms with Crippen LogP contribution in [-0.4, -0.2) is 15.9 Å². The molecule has 1 atom stereocenters. The summed E-state index contributed by atoms with van der Waals surface area (Å²) in [6.45, 7) is 4.41. The SMILES string of the molecule is CCCCCCC(=O)Oc1ccc(-c2ncc3c(n2)CCC(CCC)C3)cc1. The normalized spacial score (nSPS) is 15.9. The third-order valence-corrected chi connectivity index (χ3v) is 5.53. The number of unbranched alkanes of at least 4 members (excludes halogenated alkanes) is 3. The van der Waals surface area contributed by atoms with Gasteiger partial charge in [0.25, 0.3) is 0 Å². The Balaban J connectivity index is 1.59. The number of carbonyl (C=O) groups is 1. The Kier molecular flexibility index (Phi) is 7.58. The topological polar surface area (TPSA) is 52.1 Å². The van der Waals surface area contributed by atoms with Crippen molar-refractivity contribution in [1.82, 2.24) is 9.97 Å². The molecule has 0 radical (unpaired) electrons. The molecule has 0 bridgehead atoms. The van der Waals surface area contributed by atoms with Crippen LogP contribution < -0.4 is 4.74 Å². The van der Waals surface area contributed by atoms with E-state index in [9.17, 15) is 4.79 Å². The zero-order valence-corrected chi connectivity index (χ0v) is 17.2. The summed E-state index contributed by atoms with van der Waals surface area (Å²) in [4.78, 5) is 21.3. The van der Waals surface area contributed by atoms with Gasteiger partial charge in [-0.2, -0.15) is 0 Å². The fourth-order valence-corrected chi connectivity index (χ4v) is 3.93. The van der Waals surface area contributed by atoms with E-state index in [0.29, 0.717) is 12.2 Å². The second-order valence-corrected chi connectivity index (χ2v) is 7.87. The summed E-state index contributed by atoms with van der Waals surface area (Å²) in [5, 5.41) is 0. The van der Waals surface area contributed by atoms with Crippen molar-refractivity contribution in [3.63, 3.8) is 0 Å². The fraction of sp³-hybridized carbons (Fsp3) is 0.542. The first-order valence-electron chi connectivity index (χ1n) is 10.9. The first-order valence-corrected chi connectivity index (χ1v) is 10.9. The van der Waals surface area contributed by atoms with Crippen LogP contribution in [0.25, 0.3) is 11.4 Å². The molecule has 1 heterocycles. The first kappa shape index (κ1) is 20.5. The summed E-state index contributed by atoms with van der Waals surface area (Å²) in [5.41, 5.74) is 3.46. The lowest BCUT2D eigenvalue weighted by Gasteiger charge is -2.23. The number of aryl methyl sites for hydroxylation is 1. The molecule has 4 heteroatoms. The Hall–Kier alpha value is -2.23. The number of carbonyl (C=O) groups excluding carboxylic acids is 1. The Morgan fingerprint density at radius 1 is 1.11 bits per heavy atom. The molecule has 150 valence electrons. The van der Waals surface area contributed by atoms with Gasteiger partial charge in [-0.1, -0.05) is 46.0 Å². The van der Waals surface area contributed by atoms with Gasteiger partial charge in [0.1, 0.15) is 5.75 Å². The van der Waals surface area contributed by atoms with Gasteiger partial charge in [0, 0.05) is 23.9 Å². The van der Waals surface area contributed by atoms with Crippen molar-refractivity contribution in [1.29, 1.82) is 0 Å². The molecule has 1 aliphatic carbocycles. The molecule has 28 heavy (non-hydrogen) atoms. The number of hydrogen-bond donors (Lipinski definition) is 0. The van der Waals surface area contributed by atoms with Gasteiger partial charge < -0.3 is 4.74 Å². The lowest BCUT2D eigenvalue weighted by Crippen LogP contribution is -2.16. The summed E-state index contributed by atoms with van der Waals surface area (Å²) in [5.74, 6) is 1.97. The Morgan fingerprint density at radius 3 is 2.68 bits per heavy atom. The molecular formula is C24H32N2O2. The monoisotopic (exact) mass is 380 g/mol. The molecule has 0 saturated carbocycles. The highest BCUT2D eigenvalue weighted by Gasteiger charge is 2.20. The van der Waals surface area contributed by atoms with E-state index < -0.39 is 0 Å². The van der Waals surface area contributed by atoms with Gasteiger partial charge in [0.2, 0.25) is 0 Å². The second-order valence-electron chi connectivity index (χ2n) is 7.87. The number of fused-ring (bicyclic) bond motifs is 1. The van der Waals surface area contributed by atoms with Gasteiger partial charge >= 0.3 is 5.97 Å². The molecule has 1 aromatic carbocycles. The number of hydrogen-bond acceptors (Lipinski definition) is 4. The highest BCUT2D eigenvalue weighted by molar-refractivity contribution is 5.72. The van der Waals surface area contributed by atoms with E-state index in [-0.39, 0.29) is 5.97 Å². The molecule has 1 aliphatic rings. The van der Waals surface area contributed by atoms with Crippen LogP contribution >= 0.6 is 0 Å². The third-order valence-electron chi connectivity index (χ3n) is 5.53. The number of nitrogens with zero attached hydrogens (tertiary/aromatic N) is 2. The average molecular weight is 381 g/mol. The van der Waals surface area contributed by atoms with Crippen LogP contribution in [0.15, 0.2) is 30.5 Å². The average Bonchev–Trinajstić information content (AvgIpc) is 2.72. The van der Waals surface area contributed by atoms with E-state index in [2.05, 4.69) is 18.8 Å². The number of aromatic nitrogens is 2. The van der Waals surface area contributed by atoms with Crippen LogP contribution in [0.4, 0.5) is 0 Å². The minimum atomic E-state index is -0.157. The lowest BCUT2D eigenvalue weighted by atomic mass is 9.84. The van der Waals surface area contributed by atoms with E-state index in [1.54, 1.807) is 0 Å². The molecule has 3 rings (SSSR count). The molecule has 1 unspecified atom stereocenters. The van der Waals surface area contributed by atoms with Gasteiger partial charge in [0.15, 0.2) is 5.82 Å². The maximum atomic E-state index is 11.9. The van der Waals surface area contributed by atoms with Gasteiger partial charge in [-0.15, -0.1) is 0 Å². The summed E-state index contributed by atoms with van der Waals surface area (Å²) < 4.78 is 5.43. The highest BCUT2D eigenvalue weighted by Crippen LogP contribution is 2.28. The molecule has 1 aromatic heterocycles. The number of esters is 1. The van der Waals surface area contributed by atoms with Crippen molar-refractivity contribution < 1.29 is 9.53 Å². The number of ether oxygens (including phenoxy) is 1. The maximum absolute atomic E-state index is 11.9. The van der Waals surface area contributed by atoms with E-state index in [1.807, 2.05) is 30.5 Å². The van der Waals surface area contributed by atoms with Crippen molar-refractivity contribution in [2.45, 2.75) is 78.1 Å². The van der Waals surface area contributed by atoms with Crippen molar-refractivity contribution in [3.8, 4) is 17.1 Å². The molecule has 2 aromatic rings. The molecule has 0 aliphatic heterocycles. The zero-order valence-electron chi connectivity index (χ0n) is 17.2. The molecular weight excluding hydrogens is 348 g/mol. The Bertz CT molecular complexity index is 771. The van der Waals surface area contributed by atoms with Crippen LogP contribution in [0, 0.1) is 5.92 Å². The third kappa shape index (κ3) is 5.63. The van der Waals surface area contributed by atoms with E-state index in [0.717, 1.165) is 43.0 Å². The van der Waals surface area contributed by atoms with Crippen molar-refractivity contribution in [3.05, 3.63) is 41.7 Å².